The lowest BCUT2D eigenvalue weighted by Gasteiger charge is -2.18. The molecular formula is C53H90O5. The molecule has 5 nitrogen and oxygen atoms in total. The molecule has 332 valence electrons. The number of ether oxygens (including phenoxy) is 3. The molecule has 0 radical (unpaired) electrons. The molecule has 0 aliphatic heterocycles. The van der Waals surface area contributed by atoms with Crippen LogP contribution in [0.25, 0.3) is 0 Å². The Hall–Kier alpha value is -2.92. The van der Waals surface area contributed by atoms with Crippen molar-refractivity contribution in [3.63, 3.8) is 0 Å². The van der Waals surface area contributed by atoms with Crippen LogP contribution in [-0.2, 0) is 23.8 Å². The standard InChI is InChI=1S/C53H90O5/c1-4-7-10-13-16-19-22-24-26-27-29-30-32-34-37-40-43-46-52(54)57-50-51(49-56-48-45-42-39-36-21-18-15-12-9-6-3)58-53(55)47-44-41-38-35-33-31-28-25-23-20-17-14-11-8-5-2/h7,10,16-17,19-20,24-26,28-30,34,37,51H,4-6,8-9,11-15,18,21-23,27,31-33,35-36,38-50H2,1-3H3/b10-7-,19-16-,20-17-,26-24-,28-25-,30-29-,37-34-. The van der Waals surface area contributed by atoms with Crippen molar-refractivity contribution in [2.45, 2.75) is 219 Å². The first kappa shape index (κ1) is 55.1. The maximum Gasteiger partial charge on any atom is 0.306 e. The third-order valence-corrected chi connectivity index (χ3v) is 9.92. The van der Waals surface area contributed by atoms with Crippen LogP contribution < -0.4 is 0 Å². The molecular weight excluding hydrogens is 717 g/mol. The quantitative estimate of drug-likeness (QED) is 0.0349. The lowest BCUT2D eigenvalue weighted by Crippen LogP contribution is -2.30. The summed E-state index contributed by atoms with van der Waals surface area (Å²) in [7, 11) is 0. The van der Waals surface area contributed by atoms with E-state index in [0.29, 0.717) is 19.4 Å². The first-order chi connectivity index (χ1) is 28.6. The van der Waals surface area contributed by atoms with Gasteiger partial charge >= 0.3 is 11.9 Å². The summed E-state index contributed by atoms with van der Waals surface area (Å²) in [4.78, 5) is 25.3. The van der Waals surface area contributed by atoms with Gasteiger partial charge in [0.15, 0.2) is 6.10 Å². The van der Waals surface area contributed by atoms with Crippen molar-refractivity contribution in [1.82, 2.24) is 0 Å². The molecule has 0 rings (SSSR count). The Kier molecular flexibility index (Phi) is 46.0. The van der Waals surface area contributed by atoms with E-state index in [1.807, 2.05) is 0 Å². The molecule has 1 unspecified atom stereocenters. The number of allylic oxidation sites excluding steroid dienone is 14. The first-order valence-electron chi connectivity index (χ1n) is 24.1. The zero-order chi connectivity index (χ0) is 42.1. The zero-order valence-corrected chi connectivity index (χ0v) is 38.0. The van der Waals surface area contributed by atoms with Crippen LogP contribution in [0, 0.1) is 0 Å². The summed E-state index contributed by atoms with van der Waals surface area (Å²) in [5, 5.41) is 0. The maximum atomic E-state index is 12.7. The van der Waals surface area contributed by atoms with E-state index >= 15 is 0 Å². The zero-order valence-electron chi connectivity index (χ0n) is 38.0. The van der Waals surface area contributed by atoms with Gasteiger partial charge in [0.25, 0.3) is 0 Å². The molecule has 1 atom stereocenters. The van der Waals surface area contributed by atoms with Gasteiger partial charge in [0.2, 0.25) is 0 Å². The minimum atomic E-state index is -0.566. The Morgan fingerprint density at radius 1 is 0.397 bits per heavy atom. The fourth-order valence-corrected chi connectivity index (χ4v) is 6.34. The first-order valence-corrected chi connectivity index (χ1v) is 24.1. The molecule has 0 N–H and O–H groups in total. The molecule has 0 aromatic heterocycles. The highest BCUT2D eigenvalue weighted by Crippen LogP contribution is 2.12. The van der Waals surface area contributed by atoms with Crippen LogP contribution in [0.2, 0.25) is 0 Å². The molecule has 0 aliphatic rings. The van der Waals surface area contributed by atoms with E-state index in [2.05, 4.69) is 106 Å². The molecule has 0 bridgehead atoms. The van der Waals surface area contributed by atoms with Crippen molar-refractivity contribution >= 4 is 11.9 Å². The number of carbonyl (C=O) groups excluding carboxylic acids is 2. The predicted molar refractivity (Wildman–Crippen MR) is 251 cm³/mol. The van der Waals surface area contributed by atoms with E-state index in [9.17, 15) is 9.59 Å². The second kappa shape index (κ2) is 48.4. The van der Waals surface area contributed by atoms with E-state index in [4.69, 9.17) is 14.2 Å². The molecule has 0 saturated carbocycles. The molecule has 0 spiro atoms. The highest BCUT2D eigenvalue weighted by molar-refractivity contribution is 5.70. The molecule has 0 amide bonds. The minimum Gasteiger partial charge on any atom is -0.462 e. The molecule has 0 aromatic carbocycles. The Labute approximate surface area is 359 Å². The summed E-state index contributed by atoms with van der Waals surface area (Å²) in [6.45, 7) is 7.60. The van der Waals surface area contributed by atoms with Gasteiger partial charge in [0.05, 0.1) is 6.61 Å². The van der Waals surface area contributed by atoms with Crippen LogP contribution in [0.1, 0.15) is 213 Å². The van der Waals surface area contributed by atoms with Crippen molar-refractivity contribution in [2.24, 2.45) is 0 Å². The van der Waals surface area contributed by atoms with E-state index in [0.717, 1.165) is 89.9 Å². The van der Waals surface area contributed by atoms with Crippen LogP contribution in [0.5, 0.6) is 0 Å². The molecule has 0 saturated heterocycles. The van der Waals surface area contributed by atoms with Gasteiger partial charge in [-0.2, -0.15) is 0 Å². The average molecular weight is 807 g/mol. The summed E-state index contributed by atoms with van der Waals surface area (Å²) < 4.78 is 17.3. The molecule has 58 heavy (non-hydrogen) atoms. The second-order valence-corrected chi connectivity index (χ2v) is 15.6. The van der Waals surface area contributed by atoms with Crippen molar-refractivity contribution in [3.05, 3.63) is 85.1 Å². The monoisotopic (exact) mass is 807 g/mol. The summed E-state index contributed by atoms with van der Waals surface area (Å²) in [6, 6.07) is 0. The molecule has 0 fully saturated rings. The van der Waals surface area contributed by atoms with Gasteiger partial charge in [-0.25, -0.2) is 0 Å². The third kappa shape index (κ3) is 45.8. The van der Waals surface area contributed by atoms with E-state index in [1.54, 1.807) is 0 Å². The Morgan fingerprint density at radius 3 is 1.33 bits per heavy atom. The summed E-state index contributed by atoms with van der Waals surface area (Å²) in [5.41, 5.74) is 0. The van der Waals surface area contributed by atoms with Gasteiger partial charge in [-0.1, -0.05) is 196 Å². The highest BCUT2D eigenvalue weighted by atomic mass is 16.6. The van der Waals surface area contributed by atoms with Gasteiger partial charge in [-0.3, -0.25) is 9.59 Å². The number of rotatable bonds is 43. The lowest BCUT2D eigenvalue weighted by atomic mass is 10.1. The van der Waals surface area contributed by atoms with Gasteiger partial charge in [-0.15, -0.1) is 0 Å². The van der Waals surface area contributed by atoms with E-state index in [1.165, 1.54) is 89.9 Å². The summed E-state index contributed by atoms with van der Waals surface area (Å²) >= 11 is 0. The van der Waals surface area contributed by atoms with Crippen LogP contribution in [0.15, 0.2) is 85.1 Å². The minimum absolute atomic E-state index is 0.0481. The summed E-state index contributed by atoms with van der Waals surface area (Å²) in [6.07, 6.45) is 63.0. The molecule has 0 aliphatic carbocycles. The number of unbranched alkanes of at least 4 members (excludes halogenated alkanes) is 18. The van der Waals surface area contributed by atoms with Crippen molar-refractivity contribution < 1.29 is 23.8 Å². The smallest absolute Gasteiger partial charge is 0.306 e. The number of hydrogen-bond acceptors (Lipinski definition) is 5. The Balaban J connectivity index is 4.36. The molecule has 5 heteroatoms. The Bertz CT molecular complexity index is 1090. The second-order valence-electron chi connectivity index (χ2n) is 15.6. The summed E-state index contributed by atoms with van der Waals surface area (Å²) in [5.74, 6) is -0.482. The number of esters is 2. The van der Waals surface area contributed by atoms with Crippen molar-refractivity contribution in [3.8, 4) is 0 Å². The van der Waals surface area contributed by atoms with E-state index < -0.39 is 6.10 Å². The fraction of sp³-hybridized carbons (Fsp3) is 0.698. The Morgan fingerprint density at radius 2 is 0.793 bits per heavy atom. The maximum absolute atomic E-state index is 12.7. The predicted octanol–water partition coefficient (Wildman–Crippen LogP) is 16.1. The van der Waals surface area contributed by atoms with Crippen LogP contribution in [-0.4, -0.2) is 37.9 Å². The normalized spacial score (nSPS) is 12.9. The van der Waals surface area contributed by atoms with Gasteiger partial charge in [0.1, 0.15) is 6.61 Å². The van der Waals surface area contributed by atoms with Crippen LogP contribution in [0.4, 0.5) is 0 Å². The number of hydrogen-bond donors (Lipinski definition) is 0. The topological polar surface area (TPSA) is 61.8 Å². The third-order valence-electron chi connectivity index (χ3n) is 9.92. The largest absolute Gasteiger partial charge is 0.462 e. The van der Waals surface area contributed by atoms with E-state index in [-0.39, 0.29) is 25.2 Å². The highest BCUT2D eigenvalue weighted by Gasteiger charge is 2.17. The van der Waals surface area contributed by atoms with Crippen molar-refractivity contribution in [1.29, 1.82) is 0 Å². The fourth-order valence-electron chi connectivity index (χ4n) is 6.34. The van der Waals surface area contributed by atoms with Crippen LogP contribution >= 0.6 is 0 Å². The lowest BCUT2D eigenvalue weighted by molar-refractivity contribution is -0.163. The SMILES string of the molecule is CC/C=C\C/C=C\C/C=C\C/C=C\C/C=C\CCCC(=O)OCC(COCCCCCCCCCCCC)OC(=O)CCCCCCC/C=C\C/C=C\CCCCC. The molecule has 0 heterocycles. The average Bonchev–Trinajstić information content (AvgIpc) is 3.22. The van der Waals surface area contributed by atoms with Gasteiger partial charge in [0, 0.05) is 19.4 Å². The van der Waals surface area contributed by atoms with Crippen molar-refractivity contribution in [2.75, 3.05) is 19.8 Å². The van der Waals surface area contributed by atoms with Gasteiger partial charge < -0.3 is 14.2 Å². The molecule has 0 aromatic rings. The van der Waals surface area contributed by atoms with Crippen LogP contribution in [0.3, 0.4) is 0 Å². The number of carbonyl (C=O) groups is 2. The van der Waals surface area contributed by atoms with Gasteiger partial charge in [-0.05, 0) is 89.9 Å².